The Morgan fingerprint density at radius 3 is 2.75 bits per heavy atom. The van der Waals surface area contributed by atoms with Gasteiger partial charge in [-0.3, -0.25) is 4.79 Å². The molecule has 0 bridgehead atoms. The molecule has 106 valence electrons. The third-order valence-corrected chi connectivity index (χ3v) is 4.56. The quantitative estimate of drug-likeness (QED) is 0.676. The molecule has 0 aliphatic carbocycles. The van der Waals surface area contributed by atoms with E-state index in [4.69, 9.17) is 4.74 Å². The van der Waals surface area contributed by atoms with Crippen LogP contribution in [-0.2, 0) is 6.42 Å². The second-order valence-corrected chi connectivity index (χ2v) is 6.22. The number of thiophene rings is 1. The number of hydrogen-bond acceptors (Lipinski definition) is 3. The Morgan fingerprint density at radius 1 is 1.30 bits per heavy atom. The molecule has 0 amide bonds. The maximum Gasteiger partial charge on any atom is 0.203 e. The van der Waals surface area contributed by atoms with E-state index in [9.17, 15) is 4.79 Å². The highest BCUT2D eigenvalue weighted by Crippen LogP contribution is 2.29. The minimum atomic E-state index is 0.0830. The van der Waals surface area contributed by atoms with E-state index in [1.807, 2.05) is 29.6 Å². The molecule has 0 N–H and O–H groups in total. The van der Waals surface area contributed by atoms with Crippen LogP contribution < -0.4 is 4.74 Å². The molecule has 1 aromatic carbocycles. The second kappa shape index (κ2) is 7.04. The van der Waals surface area contributed by atoms with Crippen LogP contribution in [0.2, 0.25) is 0 Å². The fraction of sp³-hybridized carbons (Fsp3) is 0.312. The lowest BCUT2D eigenvalue weighted by Gasteiger charge is -2.08. The molecular weight excluding hydrogens is 336 g/mol. The molecule has 0 saturated carbocycles. The number of benzene rings is 1. The van der Waals surface area contributed by atoms with Crippen LogP contribution in [0.1, 0.15) is 41.1 Å². The molecule has 0 spiro atoms. The van der Waals surface area contributed by atoms with Crippen molar-refractivity contribution < 1.29 is 9.53 Å². The number of ketones is 1. The number of carbonyl (C=O) groups is 1. The van der Waals surface area contributed by atoms with Gasteiger partial charge in [0.25, 0.3) is 0 Å². The Morgan fingerprint density at radius 2 is 2.10 bits per heavy atom. The summed E-state index contributed by atoms with van der Waals surface area (Å²) in [6.07, 6.45) is 1.84. The van der Waals surface area contributed by atoms with Crippen LogP contribution in [0.15, 0.2) is 34.1 Å². The van der Waals surface area contributed by atoms with Crippen LogP contribution >= 0.6 is 27.3 Å². The highest BCUT2D eigenvalue weighted by Gasteiger charge is 2.15. The largest absolute Gasteiger partial charge is 0.492 e. The van der Waals surface area contributed by atoms with Crippen LogP contribution in [0.4, 0.5) is 0 Å². The lowest BCUT2D eigenvalue weighted by Crippen LogP contribution is -2.03. The number of ether oxygens (including phenoxy) is 1. The standard InChI is InChI=1S/C16H17BrO2S/c1-3-8-19-14-6-5-12(10-13(14)17)15(18)16-11(4-2)7-9-20-16/h5-7,9-10H,3-4,8H2,1-2H3. The van der Waals surface area contributed by atoms with E-state index in [0.29, 0.717) is 12.2 Å². The van der Waals surface area contributed by atoms with E-state index in [1.54, 1.807) is 0 Å². The van der Waals surface area contributed by atoms with Crippen molar-refractivity contribution in [2.45, 2.75) is 26.7 Å². The molecule has 2 rings (SSSR count). The molecule has 0 aliphatic heterocycles. The molecule has 0 unspecified atom stereocenters. The Hall–Kier alpha value is -1.13. The second-order valence-electron chi connectivity index (χ2n) is 4.45. The molecule has 0 saturated heterocycles. The molecule has 4 heteroatoms. The number of hydrogen-bond donors (Lipinski definition) is 0. The van der Waals surface area contributed by atoms with Crippen molar-refractivity contribution in [2.75, 3.05) is 6.61 Å². The third kappa shape index (κ3) is 3.30. The SMILES string of the molecule is CCCOc1ccc(C(=O)c2sccc2CC)cc1Br. The highest BCUT2D eigenvalue weighted by molar-refractivity contribution is 9.10. The van der Waals surface area contributed by atoms with Crippen molar-refractivity contribution in [3.63, 3.8) is 0 Å². The van der Waals surface area contributed by atoms with Gasteiger partial charge in [-0.15, -0.1) is 11.3 Å². The molecule has 0 aliphatic rings. The summed E-state index contributed by atoms with van der Waals surface area (Å²) in [5.41, 5.74) is 1.81. The van der Waals surface area contributed by atoms with Crippen molar-refractivity contribution in [3.05, 3.63) is 50.1 Å². The number of rotatable bonds is 6. The predicted molar refractivity (Wildman–Crippen MR) is 87.1 cm³/mol. The van der Waals surface area contributed by atoms with Crippen LogP contribution in [0.25, 0.3) is 0 Å². The maximum absolute atomic E-state index is 12.5. The fourth-order valence-corrected chi connectivity index (χ4v) is 3.37. The number of carbonyl (C=O) groups excluding carboxylic acids is 1. The van der Waals surface area contributed by atoms with E-state index in [0.717, 1.165) is 33.5 Å². The zero-order valence-corrected chi connectivity index (χ0v) is 14.0. The van der Waals surface area contributed by atoms with Crippen LogP contribution in [0.5, 0.6) is 5.75 Å². The van der Waals surface area contributed by atoms with Gasteiger partial charge in [-0.25, -0.2) is 0 Å². The number of halogens is 1. The van der Waals surface area contributed by atoms with Gasteiger partial charge in [-0.1, -0.05) is 13.8 Å². The van der Waals surface area contributed by atoms with Gasteiger partial charge in [0.1, 0.15) is 5.75 Å². The van der Waals surface area contributed by atoms with Gasteiger partial charge in [-0.2, -0.15) is 0 Å². The van der Waals surface area contributed by atoms with E-state index < -0.39 is 0 Å². The van der Waals surface area contributed by atoms with Crippen LogP contribution in [0, 0.1) is 0 Å². The van der Waals surface area contributed by atoms with Crippen molar-refractivity contribution in [3.8, 4) is 5.75 Å². The normalized spacial score (nSPS) is 10.6. The van der Waals surface area contributed by atoms with Crippen molar-refractivity contribution in [1.29, 1.82) is 0 Å². The van der Waals surface area contributed by atoms with Gasteiger partial charge in [-0.05, 0) is 64.0 Å². The average molecular weight is 353 g/mol. The summed E-state index contributed by atoms with van der Waals surface area (Å²) in [4.78, 5) is 13.3. The Kier molecular flexibility index (Phi) is 5.38. The van der Waals surface area contributed by atoms with Crippen molar-refractivity contribution >= 4 is 33.0 Å². The van der Waals surface area contributed by atoms with Crippen molar-refractivity contribution in [1.82, 2.24) is 0 Å². The summed E-state index contributed by atoms with van der Waals surface area (Å²) < 4.78 is 6.43. The van der Waals surface area contributed by atoms with Gasteiger partial charge >= 0.3 is 0 Å². The molecule has 0 fully saturated rings. The maximum atomic E-state index is 12.5. The molecule has 0 radical (unpaired) electrons. The molecule has 0 atom stereocenters. The average Bonchev–Trinajstić information content (AvgIpc) is 2.93. The fourth-order valence-electron chi connectivity index (χ4n) is 1.92. The highest BCUT2D eigenvalue weighted by atomic mass is 79.9. The first kappa shape index (κ1) is 15.3. The Bertz CT molecular complexity index is 604. The summed E-state index contributed by atoms with van der Waals surface area (Å²) in [6.45, 7) is 4.81. The summed E-state index contributed by atoms with van der Waals surface area (Å²) in [7, 11) is 0. The molecule has 1 heterocycles. The molecule has 2 aromatic rings. The minimum absolute atomic E-state index is 0.0830. The van der Waals surface area contributed by atoms with E-state index >= 15 is 0 Å². The van der Waals surface area contributed by atoms with Gasteiger partial charge in [0, 0.05) is 5.56 Å². The third-order valence-electron chi connectivity index (χ3n) is 2.99. The molecular formula is C16H17BrO2S. The first-order valence-corrected chi connectivity index (χ1v) is 8.38. The van der Waals surface area contributed by atoms with E-state index in [-0.39, 0.29) is 5.78 Å². The van der Waals surface area contributed by atoms with Crippen LogP contribution in [0.3, 0.4) is 0 Å². The summed E-state index contributed by atoms with van der Waals surface area (Å²) in [5.74, 6) is 0.866. The smallest absolute Gasteiger partial charge is 0.203 e. The number of aryl methyl sites for hydroxylation is 1. The predicted octanol–water partition coefficient (Wildman–Crippen LogP) is 5.09. The summed E-state index contributed by atoms with van der Waals surface area (Å²) in [5, 5.41) is 1.97. The zero-order valence-electron chi connectivity index (χ0n) is 11.6. The van der Waals surface area contributed by atoms with Gasteiger partial charge in [0.05, 0.1) is 16.0 Å². The van der Waals surface area contributed by atoms with Gasteiger partial charge in [0.2, 0.25) is 5.78 Å². The monoisotopic (exact) mass is 352 g/mol. The van der Waals surface area contributed by atoms with Crippen molar-refractivity contribution in [2.24, 2.45) is 0 Å². The molecule has 2 nitrogen and oxygen atoms in total. The van der Waals surface area contributed by atoms with Crippen LogP contribution in [-0.4, -0.2) is 12.4 Å². The van der Waals surface area contributed by atoms with E-state index in [2.05, 4.69) is 29.8 Å². The minimum Gasteiger partial charge on any atom is -0.492 e. The lowest BCUT2D eigenvalue weighted by molar-refractivity contribution is 0.104. The zero-order chi connectivity index (χ0) is 14.5. The summed E-state index contributed by atoms with van der Waals surface area (Å²) in [6, 6.07) is 7.54. The first-order chi connectivity index (χ1) is 9.67. The first-order valence-electron chi connectivity index (χ1n) is 6.70. The van der Waals surface area contributed by atoms with Gasteiger partial charge in [0.15, 0.2) is 0 Å². The summed E-state index contributed by atoms with van der Waals surface area (Å²) >= 11 is 4.98. The Labute approximate surface area is 131 Å². The molecule has 20 heavy (non-hydrogen) atoms. The molecule has 1 aromatic heterocycles. The van der Waals surface area contributed by atoms with Gasteiger partial charge < -0.3 is 4.74 Å². The Balaban J connectivity index is 2.25. The topological polar surface area (TPSA) is 26.3 Å². The lowest BCUT2D eigenvalue weighted by atomic mass is 10.1. The van der Waals surface area contributed by atoms with E-state index in [1.165, 1.54) is 11.3 Å².